The molecule has 0 amide bonds. The smallest absolute Gasteiger partial charge is 0.195 e. The minimum absolute atomic E-state index is 0.0487. The topological polar surface area (TPSA) is 17.1 Å². The minimum Gasteiger partial charge on any atom is -0.288 e. The van der Waals surface area contributed by atoms with E-state index in [9.17, 15) is 9.18 Å². The molecule has 86 valence electrons. The van der Waals surface area contributed by atoms with Gasteiger partial charge in [0.15, 0.2) is 5.78 Å². The second-order valence-electron chi connectivity index (χ2n) is 3.66. The van der Waals surface area contributed by atoms with E-state index in [1.807, 2.05) is 13.0 Å². The largest absolute Gasteiger partial charge is 0.288 e. The van der Waals surface area contributed by atoms with Gasteiger partial charge in [0.25, 0.3) is 0 Å². The van der Waals surface area contributed by atoms with Crippen LogP contribution < -0.4 is 0 Å². The second-order valence-corrected chi connectivity index (χ2v) is 4.95. The van der Waals surface area contributed by atoms with E-state index >= 15 is 0 Å². The number of halogens is 1. The standard InChI is InChI=1S/C14H11FOS/c1-10-5-8-14(17-10)13(16)7-6-11-3-2-4-12(15)9-11/h2-9H,1H3/b7-6+. The maximum Gasteiger partial charge on any atom is 0.195 e. The van der Waals surface area contributed by atoms with Crippen LogP contribution in [0.3, 0.4) is 0 Å². The summed E-state index contributed by atoms with van der Waals surface area (Å²) < 4.78 is 12.9. The van der Waals surface area contributed by atoms with Gasteiger partial charge in [0.05, 0.1) is 4.88 Å². The number of rotatable bonds is 3. The number of benzene rings is 1. The van der Waals surface area contributed by atoms with Crippen LogP contribution in [0.4, 0.5) is 4.39 Å². The molecule has 1 nitrogen and oxygen atoms in total. The number of aryl methyl sites for hydroxylation is 1. The third-order valence-corrected chi connectivity index (χ3v) is 3.27. The summed E-state index contributed by atoms with van der Waals surface area (Å²) in [5.74, 6) is -0.348. The van der Waals surface area contributed by atoms with Gasteiger partial charge >= 0.3 is 0 Å². The Hall–Kier alpha value is -1.74. The van der Waals surface area contributed by atoms with E-state index < -0.39 is 0 Å². The van der Waals surface area contributed by atoms with E-state index in [1.54, 1.807) is 24.3 Å². The highest BCUT2D eigenvalue weighted by Gasteiger charge is 2.03. The number of carbonyl (C=O) groups excluding carboxylic acids is 1. The first-order chi connectivity index (χ1) is 8.15. The lowest BCUT2D eigenvalue weighted by Gasteiger charge is -1.93. The average Bonchev–Trinajstić information content (AvgIpc) is 2.73. The summed E-state index contributed by atoms with van der Waals surface area (Å²) in [5, 5.41) is 0. The van der Waals surface area contributed by atoms with Crippen LogP contribution >= 0.6 is 11.3 Å². The molecular formula is C14H11FOS. The van der Waals surface area contributed by atoms with Crippen molar-refractivity contribution in [3.8, 4) is 0 Å². The summed E-state index contributed by atoms with van der Waals surface area (Å²) in [6, 6.07) is 9.86. The molecular weight excluding hydrogens is 235 g/mol. The number of hydrogen-bond donors (Lipinski definition) is 0. The zero-order valence-electron chi connectivity index (χ0n) is 9.31. The Kier molecular flexibility index (Phi) is 3.49. The molecule has 0 atom stereocenters. The van der Waals surface area contributed by atoms with Gasteiger partial charge < -0.3 is 0 Å². The normalized spacial score (nSPS) is 10.9. The Morgan fingerprint density at radius 1 is 1.29 bits per heavy atom. The third-order valence-electron chi connectivity index (χ3n) is 2.26. The van der Waals surface area contributed by atoms with Crippen LogP contribution in [0.2, 0.25) is 0 Å². The highest BCUT2D eigenvalue weighted by atomic mass is 32.1. The monoisotopic (exact) mass is 246 g/mol. The van der Waals surface area contributed by atoms with E-state index in [0.29, 0.717) is 10.4 Å². The lowest BCUT2D eigenvalue weighted by atomic mass is 10.2. The average molecular weight is 246 g/mol. The Morgan fingerprint density at radius 2 is 2.12 bits per heavy atom. The summed E-state index contributed by atoms with van der Waals surface area (Å²) in [4.78, 5) is 13.6. The Morgan fingerprint density at radius 3 is 2.76 bits per heavy atom. The van der Waals surface area contributed by atoms with E-state index in [1.165, 1.54) is 29.5 Å². The fourth-order valence-corrected chi connectivity index (χ4v) is 2.22. The van der Waals surface area contributed by atoms with Crippen LogP contribution in [0, 0.1) is 12.7 Å². The first-order valence-corrected chi connectivity index (χ1v) is 6.01. The lowest BCUT2D eigenvalue weighted by Crippen LogP contribution is -1.88. The van der Waals surface area contributed by atoms with E-state index in [4.69, 9.17) is 0 Å². The van der Waals surface area contributed by atoms with Gasteiger partial charge in [-0.3, -0.25) is 4.79 Å². The van der Waals surface area contributed by atoms with Crippen molar-refractivity contribution in [1.82, 2.24) is 0 Å². The molecule has 2 aromatic rings. The van der Waals surface area contributed by atoms with Crippen molar-refractivity contribution in [2.75, 3.05) is 0 Å². The van der Waals surface area contributed by atoms with Crippen molar-refractivity contribution in [3.05, 3.63) is 63.6 Å². The van der Waals surface area contributed by atoms with Gasteiger partial charge in [-0.25, -0.2) is 4.39 Å². The van der Waals surface area contributed by atoms with E-state index in [2.05, 4.69) is 0 Å². The van der Waals surface area contributed by atoms with Crippen molar-refractivity contribution in [2.45, 2.75) is 6.92 Å². The maximum absolute atomic E-state index is 12.9. The molecule has 1 aromatic heterocycles. The fourth-order valence-electron chi connectivity index (χ4n) is 1.43. The Balaban J connectivity index is 2.13. The number of thiophene rings is 1. The van der Waals surface area contributed by atoms with Gasteiger partial charge in [-0.2, -0.15) is 0 Å². The summed E-state index contributed by atoms with van der Waals surface area (Å²) in [7, 11) is 0. The molecule has 3 heteroatoms. The SMILES string of the molecule is Cc1ccc(C(=O)/C=C/c2cccc(F)c2)s1. The molecule has 0 bridgehead atoms. The molecule has 2 rings (SSSR count). The van der Waals surface area contributed by atoms with Crippen molar-refractivity contribution in [2.24, 2.45) is 0 Å². The van der Waals surface area contributed by atoms with Gasteiger partial charge in [-0.05, 0) is 42.8 Å². The van der Waals surface area contributed by atoms with Crippen LogP contribution in [-0.2, 0) is 0 Å². The predicted molar refractivity (Wildman–Crippen MR) is 68.8 cm³/mol. The lowest BCUT2D eigenvalue weighted by molar-refractivity contribution is 0.105. The van der Waals surface area contributed by atoms with Crippen LogP contribution in [-0.4, -0.2) is 5.78 Å². The fraction of sp³-hybridized carbons (Fsp3) is 0.0714. The molecule has 0 N–H and O–H groups in total. The van der Waals surface area contributed by atoms with Gasteiger partial charge in [-0.1, -0.05) is 18.2 Å². The van der Waals surface area contributed by atoms with Crippen LogP contribution in [0.5, 0.6) is 0 Å². The van der Waals surface area contributed by atoms with Crippen LogP contribution in [0.15, 0.2) is 42.5 Å². The summed E-state index contributed by atoms with van der Waals surface area (Å²) >= 11 is 1.46. The van der Waals surface area contributed by atoms with Crippen molar-refractivity contribution >= 4 is 23.2 Å². The van der Waals surface area contributed by atoms with Gasteiger partial charge in [0.2, 0.25) is 0 Å². The Bertz CT molecular complexity index is 569. The predicted octanol–water partition coefficient (Wildman–Crippen LogP) is 4.09. The van der Waals surface area contributed by atoms with Gasteiger partial charge in [0, 0.05) is 4.88 Å². The minimum atomic E-state index is -0.299. The van der Waals surface area contributed by atoms with Crippen molar-refractivity contribution < 1.29 is 9.18 Å². The highest BCUT2D eigenvalue weighted by Crippen LogP contribution is 2.16. The molecule has 1 heterocycles. The summed E-state index contributed by atoms with van der Waals surface area (Å²) in [6.45, 7) is 1.96. The first-order valence-electron chi connectivity index (χ1n) is 5.19. The molecule has 0 radical (unpaired) electrons. The molecule has 0 saturated heterocycles. The zero-order valence-corrected chi connectivity index (χ0v) is 10.1. The molecule has 0 fully saturated rings. The molecule has 0 aliphatic carbocycles. The van der Waals surface area contributed by atoms with E-state index in [-0.39, 0.29) is 11.6 Å². The number of allylic oxidation sites excluding steroid dienone is 1. The highest BCUT2D eigenvalue weighted by molar-refractivity contribution is 7.14. The maximum atomic E-state index is 12.9. The molecule has 0 spiro atoms. The molecule has 0 aliphatic heterocycles. The molecule has 17 heavy (non-hydrogen) atoms. The van der Waals surface area contributed by atoms with Gasteiger partial charge in [-0.15, -0.1) is 11.3 Å². The molecule has 0 aliphatic rings. The summed E-state index contributed by atoms with van der Waals surface area (Å²) in [6.07, 6.45) is 3.10. The Labute approximate surface area is 103 Å². The molecule has 0 unspecified atom stereocenters. The number of carbonyl (C=O) groups is 1. The van der Waals surface area contributed by atoms with Crippen LogP contribution in [0.25, 0.3) is 6.08 Å². The quantitative estimate of drug-likeness (QED) is 0.589. The first kappa shape index (κ1) is 11.7. The second kappa shape index (κ2) is 5.06. The number of ketones is 1. The zero-order chi connectivity index (χ0) is 12.3. The van der Waals surface area contributed by atoms with E-state index in [0.717, 1.165) is 4.88 Å². The summed E-state index contributed by atoms with van der Waals surface area (Å²) in [5.41, 5.74) is 0.687. The molecule has 0 saturated carbocycles. The molecule has 1 aromatic carbocycles. The van der Waals surface area contributed by atoms with Crippen LogP contribution in [0.1, 0.15) is 20.1 Å². The third kappa shape index (κ3) is 3.11. The van der Waals surface area contributed by atoms with Crippen molar-refractivity contribution in [1.29, 1.82) is 0 Å². The number of hydrogen-bond acceptors (Lipinski definition) is 2. The van der Waals surface area contributed by atoms with Gasteiger partial charge in [0.1, 0.15) is 5.82 Å². The van der Waals surface area contributed by atoms with Crippen molar-refractivity contribution in [3.63, 3.8) is 0 Å².